The van der Waals surface area contributed by atoms with Crippen LogP contribution in [0.3, 0.4) is 0 Å². The lowest BCUT2D eigenvalue weighted by atomic mass is 9.70. The lowest BCUT2D eigenvalue weighted by molar-refractivity contribution is -0.146. The van der Waals surface area contributed by atoms with Crippen molar-refractivity contribution in [1.29, 1.82) is 0 Å². The Morgan fingerprint density at radius 2 is 2.23 bits per heavy atom. The minimum atomic E-state index is -0.956. The van der Waals surface area contributed by atoms with E-state index >= 15 is 0 Å². The minimum Gasteiger partial charge on any atom is -0.481 e. The van der Waals surface area contributed by atoms with Crippen LogP contribution in [0.2, 0.25) is 0 Å². The highest BCUT2D eigenvalue weighted by atomic mass is 16.5. The average molecular weight is 353 g/mol. The molecule has 1 N–H and O–H groups in total. The largest absolute Gasteiger partial charge is 0.481 e. The zero-order valence-corrected chi connectivity index (χ0v) is 14.3. The van der Waals surface area contributed by atoms with Gasteiger partial charge in [-0.2, -0.15) is 0 Å². The second-order valence-corrected chi connectivity index (χ2v) is 8.10. The van der Waals surface area contributed by atoms with E-state index in [0.717, 1.165) is 23.2 Å². The maximum absolute atomic E-state index is 13.5. The van der Waals surface area contributed by atoms with Gasteiger partial charge in [0.05, 0.1) is 24.2 Å². The van der Waals surface area contributed by atoms with Gasteiger partial charge in [-0.05, 0) is 19.4 Å². The molecule has 5 heterocycles. The van der Waals surface area contributed by atoms with Gasteiger partial charge in [0, 0.05) is 23.8 Å². The van der Waals surface area contributed by atoms with Gasteiger partial charge >= 0.3 is 5.97 Å². The molecule has 5 aliphatic rings. The second kappa shape index (κ2) is 4.56. The highest BCUT2D eigenvalue weighted by molar-refractivity contribution is 6.04. The smallest absolute Gasteiger partial charge is 0.310 e. The number of ether oxygens (including phenoxy) is 2. The molecule has 6 rings (SSSR count). The fourth-order valence-corrected chi connectivity index (χ4v) is 6.04. The number of benzene rings is 1. The molecule has 3 saturated heterocycles. The molecule has 2 bridgehead atoms. The van der Waals surface area contributed by atoms with Crippen LogP contribution in [0, 0.1) is 24.7 Å². The molecule has 26 heavy (non-hydrogen) atoms. The first-order valence-corrected chi connectivity index (χ1v) is 9.18. The minimum absolute atomic E-state index is 0.0630. The topological polar surface area (TPSA) is 76.1 Å². The summed E-state index contributed by atoms with van der Waals surface area (Å²) >= 11 is 0. The molecule has 1 amide bonds. The first-order chi connectivity index (χ1) is 12.5. The molecule has 0 saturated carbocycles. The molecule has 0 aromatic heterocycles. The van der Waals surface area contributed by atoms with E-state index in [2.05, 4.69) is 6.07 Å². The molecule has 1 aromatic carbocycles. The molecule has 6 heteroatoms. The number of rotatable bonds is 1. The zero-order chi connectivity index (χ0) is 17.8. The second-order valence-electron chi connectivity index (χ2n) is 8.10. The van der Waals surface area contributed by atoms with E-state index in [1.165, 1.54) is 0 Å². The van der Waals surface area contributed by atoms with Crippen LogP contribution in [0.4, 0.5) is 5.69 Å². The van der Waals surface area contributed by atoms with E-state index in [0.29, 0.717) is 6.61 Å². The predicted octanol–water partition coefficient (Wildman–Crippen LogP) is 1.83. The van der Waals surface area contributed by atoms with Crippen molar-refractivity contribution in [3.05, 3.63) is 41.5 Å². The number of carboxylic acid groups (broad SMARTS) is 1. The molecule has 1 spiro atoms. The number of nitrogens with zero attached hydrogens (tertiary/aromatic N) is 1. The summed E-state index contributed by atoms with van der Waals surface area (Å²) in [5.74, 6) is -2.43. The molecule has 0 aliphatic carbocycles. The Morgan fingerprint density at radius 1 is 1.38 bits per heavy atom. The van der Waals surface area contributed by atoms with Gasteiger partial charge in [-0.1, -0.05) is 29.8 Å². The van der Waals surface area contributed by atoms with Gasteiger partial charge < -0.3 is 19.5 Å². The summed E-state index contributed by atoms with van der Waals surface area (Å²) in [6, 6.07) is 5.86. The maximum Gasteiger partial charge on any atom is 0.310 e. The Kier molecular flexibility index (Phi) is 2.62. The quantitative estimate of drug-likeness (QED) is 0.780. The molecule has 134 valence electrons. The normalized spacial score (nSPS) is 44.0. The fourth-order valence-electron chi connectivity index (χ4n) is 6.04. The van der Waals surface area contributed by atoms with Crippen molar-refractivity contribution in [2.24, 2.45) is 17.8 Å². The van der Waals surface area contributed by atoms with Crippen molar-refractivity contribution < 1.29 is 24.2 Å². The van der Waals surface area contributed by atoms with E-state index in [9.17, 15) is 14.7 Å². The van der Waals surface area contributed by atoms with E-state index in [4.69, 9.17) is 9.47 Å². The molecule has 7 atom stereocenters. The fraction of sp³-hybridized carbons (Fsp3) is 0.500. The van der Waals surface area contributed by atoms with Crippen molar-refractivity contribution in [2.75, 3.05) is 11.5 Å². The molecular weight excluding hydrogens is 334 g/mol. The third-order valence-electron chi connectivity index (χ3n) is 6.91. The number of carbonyl (C=O) groups is 2. The number of fused-ring (bicyclic) bond motifs is 7. The highest BCUT2D eigenvalue weighted by Crippen LogP contribution is 2.62. The van der Waals surface area contributed by atoms with Gasteiger partial charge in [0.15, 0.2) is 0 Å². The lowest BCUT2D eigenvalue weighted by Gasteiger charge is -2.44. The zero-order valence-electron chi connectivity index (χ0n) is 14.3. The Labute approximate surface area is 150 Å². The molecule has 0 radical (unpaired) electrons. The van der Waals surface area contributed by atoms with Crippen LogP contribution < -0.4 is 4.90 Å². The molecule has 1 aromatic rings. The van der Waals surface area contributed by atoms with Gasteiger partial charge in [0.2, 0.25) is 5.91 Å². The van der Waals surface area contributed by atoms with E-state index < -0.39 is 29.5 Å². The van der Waals surface area contributed by atoms with Crippen molar-refractivity contribution in [3.8, 4) is 0 Å². The van der Waals surface area contributed by atoms with Crippen LogP contribution in [0.25, 0.3) is 0 Å². The van der Waals surface area contributed by atoms with Gasteiger partial charge in [-0.15, -0.1) is 0 Å². The van der Waals surface area contributed by atoms with E-state index in [1.54, 1.807) is 0 Å². The van der Waals surface area contributed by atoms with Crippen LogP contribution in [0.15, 0.2) is 30.4 Å². The van der Waals surface area contributed by atoms with Crippen LogP contribution >= 0.6 is 0 Å². The SMILES string of the molecule is Cc1ccc2c(c1)C1OCCC1C1N2C(=O)C2C(C(=O)O)[C@@H]3C=C[C@]21O3. The van der Waals surface area contributed by atoms with Gasteiger partial charge in [0.25, 0.3) is 0 Å². The van der Waals surface area contributed by atoms with Gasteiger partial charge in [-0.25, -0.2) is 0 Å². The first-order valence-electron chi connectivity index (χ1n) is 9.18. The predicted molar refractivity (Wildman–Crippen MR) is 90.6 cm³/mol. The van der Waals surface area contributed by atoms with E-state index in [-0.39, 0.29) is 24.0 Å². The molecule has 6 nitrogen and oxygen atoms in total. The Bertz CT molecular complexity index is 894. The van der Waals surface area contributed by atoms with Gasteiger partial charge in [0.1, 0.15) is 11.5 Å². The van der Waals surface area contributed by atoms with Crippen LogP contribution in [-0.2, 0) is 19.1 Å². The van der Waals surface area contributed by atoms with E-state index in [1.807, 2.05) is 36.1 Å². The number of carboxylic acids is 1. The highest BCUT2D eigenvalue weighted by Gasteiger charge is 2.74. The number of carbonyl (C=O) groups excluding carboxylic acids is 1. The Morgan fingerprint density at radius 3 is 3.04 bits per heavy atom. The summed E-state index contributed by atoms with van der Waals surface area (Å²) in [6.07, 6.45) is 4.07. The van der Waals surface area contributed by atoms with Crippen molar-refractivity contribution >= 4 is 17.6 Å². The summed E-state index contributed by atoms with van der Waals surface area (Å²) in [5, 5.41) is 9.74. The summed E-state index contributed by atoms with van der Waals surface area (Å²) in [4.78, 5) is 27.2. The number of hydrogen-bond donors (Lipinski definition) is 1. The third-order valence-corrected chi connectivity index (χ3v) is 6.91. The van der Waals surface area contributed by atoms with Crippen molar-refractivity contribution in [1.82, 2.24) is 0 Å². The number of aryl methyl sites for hydroxylation is 1. The van der Waals surface area contributed by atoms with Crippen molar-refractivity contribution in [2.45, 2.75) is 37.2 Å². The number of hydrogen-bond acceptors (Lipinski definition) is 4. The van der Waals surface area contributed by atoms with Gasteiger partial charge in [-0.3, -0.25) is 9.59 Å². The van der Waals surface area contributed by atoms with Crippen LogP contribution in [-0.4, -0.2) is 41.3 Å². The third kappa shape index (κ3) is 1.48. The molecule has 5 unspecified atom stereocenters. The lowest BCUT2D eigenvalue weighted by Crippen LogP contribution is -2.53. The molecular formula is C20H19NO5. The van der Waals surface area contributed by atoms with Crippen LogP contribution in [0.5, 0.6) is 0 Å². The summed E-state index contributed by atoms with van der Waals surface area (Å²) in [5.41, 5.74) is 2.17. The number of amides is 1. The summed E-state index contributed by atoms with van der Waals surface area (Å²) in [6.45, 7) is 2.68. The van der Waals surface area contributed by atoms with Crippen LogP contribution in [0.1, 0.15) is 23.7 Å². The Hall–Kier alpha value is -2.18. The number of aliphatic carboxylic acids is 1. The first kappa shape index (κ1) is 14.9. The molecule has 5 aliphatic heterocycles. The Balaban J connectivity index is 1.59. The number of anilines is 1. The standard InChI is InChI=1S/C20H19NO5/c1-9-2-3-12-11(8-9)16-10(5-7-25-16)17-20-6-4-13(26-20)14(19(23)24)15(20)18(22)21(12)17/h2-4,6,8,10,13-17H,5,7H2,1H3,(H,23,24)/t10?,13-,14?,15?,16?,17?,20-/m0/s1. The summed E-state index contributed by atoms with van der Waals surface area (Å²) < 4.78 is 12.3. The van der Waals surface area contributed by atoms with Crippen molar-refractivity contribution in [3.63, 3.8) is 0 Å². The maximum atomic E-state index is 13.5. The average Bonchev–Trinajstić information content (AvgIpc) is 3.35. The monoisotopic (exact) mass is 353 g/mol. The molecule has 3 fully saturated rings. The summed E-state index contributed by atoms with van der Waals surface area (Å²) in [7, 11) is 0.